The second kappa shape index (κ2) is 71.5. The third-order valence-electron chi connectivity index (χ3n) is 28.3. The van der Waals surface area contributed by atoms with E-state index in [2.05, 4.69) is 94.2 Å². The first kappa shape index (κ1) is 108. The molecule has 0 bridgehead atoms. The molecule has 12 heteroatoms. The van der Waals surface area contributed by atoms with Crippen molar-refractivity contribution in [3.63, 3.8) is 0 Å². The number of allylic oxidation sites excluding steroid dienone is 18. The molecule has 6 aliphatic rings. The van der Waals surface area contributed by atoms with E-state index in [9.17, 15) is 19.2 Å². The molecule has 0 aromatic rings. The molecule has 13 unspecified atom stereocenters. The maximum Gasteiger partial charge on any atom is 0.306 e. The van der Waals surface area contributed by atoms with Gasteiger partial charge in [-0.1, -0.05) is 300 Å². The third-order valence-corrected chi connectivity index (χ3v) is 28.3. The van der Waals surface area contributed by atoms with E-state index in [1.807, 2.05) is 36.5 Å². The summed E-state index contributed by atoms with van der Waals surface area (Å²) in [7, 11) is 0. The number of carbonyl (C=O) groups is 6. The van der Waals surface area contributed by atoms with E-state index >= 15 is 9.59 Å². The second-order valence-electron chi connectivity index (χ2n) is 38.6. The van der Waals surface area contributed by atoms with E-state index in [0.29, 0.717) is 91.8 Å². The number of ether oxygens (including phenoxy) is 6. The first-order valence-corrected chi connectivity index (χ1v) is 52.8. The average molecular weight is 1740 g/mol. The minimum Gasteiger partial charge on any atom is -0.462 e. The van der Waals surface area contributed by atoms with Crippen molar-refractivity contribution in [1.29, 1.82) is 0 Å². The van der Waals surface area contributed by atoms with E-state index in [1.165, 1.54) is 135 Å². The van der Waals surface area contributed by atoms with Crippen molar-refractivity contribution >= 4 is 35.8 Å². The molecule has 0 saturated heterocycles. The maximum absolute atomic E-state index is 15.0. The lowest BCUT2D eigenvalue weighted by Gasteiger charge is -2.36. The molecule has 0 fully saturated rings. The first-order chi connectivity index (χ1) is 61.9. The van der Waals surface area contributed by atoms with Crippen molar-refractivity contribution in [3.8, 4) is 0 Å². The lowest BCUT2D eigenvalue weighted by atomic mass is 9.69. The van der Waals surface area contributed by atoms with Gasteiger partial charge in [0.25, 0.3) is 0 Å². The van der Waals surface area contributed by atoms with Crippen molar-refractivity contribution in [3.05, 3.63) is 147 Å². The monoisotopic (exact) mass is 1740 g/mol. The van der Waals surface area contributed by atoms with Gasteiger partial charge in [-0.2, -0.15) is 0 Å². The molecule has 3 heterocycles. The Balaban J connectivity index is 1.29. The Labute approximate surface area is 769 Å². The first-order valence-electron chi connectivity index (χ1n) is 52.8. The summed E-state index contributed by atoms with van der Waals surface area (Å²) in [5.41, 5.74) is 4.94. The molecule has 0 aromatic carbocycles. The molecule has 0 aromatic heterocycles. The third kappa shape index (κ3) is 47.0. The van der Waals surface area contributed by atoms with Gasteiger partial charge in [0.15, 0.2) is 24.4 Å². The predicted octanol–water partition coefficient (Wildman–Crippen LogP) is 31.8. The smallest absolute Gasteiger partial charge is 0.306 e. The number of cyclic esters (lactones) is 6. The van der Waals surface area contributed by atoms with Crippen molar-refractivity contribution in [1.82, 2.24) is 0 Å². The largest absolute Gasteiger partial charge is 0.462 e. The molecule has 126 heavy (non-hydrogen) atoms. The highest BCUT2D eigenvalue weighted by Crippen LogP contribution is 2.46. The Morgan fingerprint density at radius 2 is 0.476 bits per heavy atom. The molecule has 0 spiro atoms. The minimum absolute atomic E-state index is 0.00359. The molecule has 13 atom stereocenters. The Bertz CT molecular complexity index is 3210. The molecule has 0 N–H and O–H groups in total. The van der Waals surface area contributed by atoms with E-state index in [0.717, 1.165) is 231 Å². The lowest BCUT2D eigenvalue weighted by molar-refractivity contribution is -0.209. The highest BCUT2D eigenvalue weighted by atomic mass is 16.6. The molecule has 0 radical (unpaired) electrons. The van der Waals surface area contributed by atoms with Crippen LogP contribution in [0.1, 0.15) is 443 Å². The predicted molar refractivity (Wildman–Crippen MR) is 524 cm³/mol. The van der Waals surface area contributed by atoms with E-state index < -0.39 is 73.4 Å². The summed E-state index contributed by atoms with van der Waals surface area (Å²) < 4.78 is 38.8. The van der Waals surface area contributed by atoms with Crippen LogP contribution in [0.3, 0.4) is 0 Å². The number of hydrogen-bond donors (Lipinski definition) is 0. The molecule has 6 rings (SSSR count). The molecule has 0 amide bonds. The Kier molecular flexibility index (Phi) is 61.5. The normalized spacial score (nSPS) is 27.1. The van der Waals surface area contributed by atoms with Crippen LogP contribution in [0.5, 0.6) is 0 Å². The Morgan fingerprint density at radius 3 is 0.754 bits per heavy atom. The summed E-state index contributed by atoms with van der Waals surface area (Å²) in [6.07, 6.45) is 93.8. The number of rotatable bonds is 35. The molecule has 3 aliphatic carbocycles. The molecule has 0 saturated carbocycles. The zero-order chi connectivity index (χ0) is 89.8. The van der Waals surface area contributed by atoms with E-state index in [4.69, 9.17) is 28.4 Å². The van der Waals surface area contributed by atoms with Crippen LogP contribution in [-0.2, 0) is 57.2 Å². The summed E-state index contributed by atoms with van der Waals surface area (Å²) in [5.74, 6) is 1.11. The van der Waals surface area contributed by atoms with Gasteiger partial charge in [0, 0.05) is 38.5 Å². The van der Waals surface area contributed by atoms with Crippen molar-refractivity contribution in [2.24, 2.45) is 53.3 Å². The average Bonchev–Trinajstić information content (AvgIpc) is 0.835. The fraction of sp³-hybridized carbons (Fsp3) is 0.737. The van der Waals surface area contributed by atoms with E-state index in [-0.39, 0.29) is 38.5 Å². The second-order valence-corrected chi connectivity index (χ2v) is 38.6. The highest BCUT2D eigenvalue weighted by molar-refractivity contribution is 5.73. The molecule has 710 valence electrons. The van der Waals surface area contributed by atoms with Gasteiger partial charge in [0.2, 0.25) is 0 Å². The van der Waals surface area contributed by atoms with E-state index in [1.54, 1.807) is 16.7 Å². The summed E-state index contributed by atoms with van der Waals surface area (Å²) in [6, 6.07) is 0. The van der Waals surface area contributed by atoms with Crippen LogP contribution in [0.2, 0.25) is 0 Å². The number of esters is 6. The molecule has 3 aliphatic heterocycles. The number of carbonyl (C=O) groups excluding carboxylic acids is 6. The highest BCUT2D eigenvalue weighted by Gasteiger charge is 2.46. The van der Waals surface area contributed by atoms with Gasteiger partial charge in [0.1, 0.15) is 13.2 Å². The van der Waals surface area contributed by atoms with Crippen LogP contribution in [0.4, 0.5) is 0 Å². The molecule has 12 nitrogen and oxygen atoms in total. The SMILES string of the molecule is C=CCCCCCC1C2=CCCCCCCCC(=O)OC(C3OC(=O)CCCCCCCC4C=CC(CCCCC=C)C(CCCCCC=C)C4=CCCCCCCCC(=O)OC3C3COC(=O)CCCCCCCC=C4C(C=CC(CCCCC=C)C4CCCCCC=C)CCCCCCCC(=O)O3)COC(=O)CCCCCCCC2C=CC1CCCCC=C. The lowest BCUT2D eigenvalue weighted by Crippen LogP contribution is -2.54. The zero-order valence-electron chi connectivity index (χ0n) is 80.0. The van der Waals surface area contributed by atoms with Gasteiger partial charge in [-0.05, 0) is 265 Å². The van der Waals surface area contributed by atoms with Crippen LogP contribution >= 0.6 is 0 Å². The standard InChI is InChI=1S/C114H182O12/c1-7-13-19-34-55-73-99-94(68-50-23-17-11-5)86-89-97-71-53-38-32-47-64-82-110(118)124-106(91-121-107(115)79-61-43-28-25-40-58-76-102(97)99)113-114(126-112(120)84-66-48-33-39-54-72-98-90-87-95(69-51-24-18-12-6)101(75-57-36-21-15-9-3)104(98)78-60-42-27-30-45-65-83-111(119)125-113)105-92-122-108(116)80-62-46-31-37-52-70-96-88-85-93(67-49-22-16-10-4)100(74-56-35-20-14-8-2)103(96)77-59-41-26-29-44-63-81-109(117)123-105/h7-12,76-78,85-90,93-101,105-106,113-114H,1-6,13-75,79-84,91-92H2. The van der Waals surface area contributed by atoms with Crippen LogP contribution < -0.4 is 0 Å². The maximum atomic E-state index is 15.0. The van der Waals surface area contributed by atoms with Crippen LogP contribution in [0.25, 0.3) is 0 Å². The Hall–Kier alpha value is -6.30. The summed E-state index contributed by atoms with van der Waals surface area (Å²) in [4.78, 5) is 88.2. The molecular weight excluding hydrogens is 1560 g/mol. The van der Waals surface area contributed by atoms with Crippen LogP contribution in [0.15, 0.2) is 147 Å². The number of unbranched alkanes of at least 4 members (excludes halogenated alkanes) is 15. The fourth-order valence-electron chi connectivity index (χ4n) is 21.0. The quantitative estimate of drug-likeness (QED) is 0.0256. The van der Waals surface area contributed by atoms with Crippen LogP contribution in [0, 0.1) is 53.3 Å². The van der Waals surface area contributed by atoms with Crippen molar-refractivity contribution in [2.45, 2.75) is 467 Å². The van der Waals surface area contributed by atoms with Crippen molar-refractivity contribution < 1.29 is 57.2 Å². The molecular formula is C114H182O12. The number of hydrogen-bond acceptors (Lipinski definition) is 12. The Morgan fingerprint density at radius 1 is 0.246 bits per heavy atom. The van der Waals surface area contributed by atoms with Gasteiger partial charge in [0.05, 0.1) is 0 Å². The fourth-order valence-corrected chi connectivity index (χ4v) is 21.0. The zero-order valence-corrected chi connectivity index (χ0v) is 80.0. The summed E-state index contributed by atoms with van der Waals surface area (Å²) in [5, 5.41) is 0. The summed E-state index contributed by atoms with van der Waals surface area (Å²) >= 11 is 0. The van der Waals surface area contributed by atoms with Crippen molar-refractivity contribution in [2.75, 3.05) is 13.2 Å². The number of fused-ring (bicyclic) bond motifs is 3. The topological polar surface area (TPSA) is 158 Å². The van der Waals surface area contributed by atoms with Gasteiger partial charge >= 0.3 is 35.8 Å². The minimum atomic E-state index is -1.64. The van der Waals surface area contributed by atoms with Gasteiger partial charge in [-0.15, -0.1) is 39.5 Å². The van der Waals surface area contributed by atoms with Gasteiger partial charge in [-0.25, -0.2) is 0 Å². The van der Waals surface area contributed by atoms with Gasteiger partial charge in [-0.3, -0.25) is 28.8 Å². The van der Waals surface area contributed by atoms with Crippen LogP contribution in [-0.4, -0.2) is 73.4 Å². The summed E-state index contributed by atoms with van der Waals surface area (Å²) in [6.45, 7) is 23.0. The van der Waals surface area contributed by atoms with Gasteiger partial charge < -0.3 is 28.4 Å².